The molecule has 1 aliphatic rings. The predicted molar refractivity (Wildman–Crippen MR) is 83.0 cm³/mol. The van der Waals surface area contributed by atoms with Crippen molar-refractivity contribution in [1.29, 1.82) is 5.26 Å². The number of fused-ring (bicyclic) bond motifs is 1. The largest absolute Gasteiger partial charge is 0.508 e. The first-order valence-corrected chi connectivity index (χ1v) is 7.32. The zero-order chi connectivity index (χ0) is 14.7. The number of phenols is 1. The first kappa shape index (κ1) is 13.9. The molecule has 1 atom stereocenters. The van der Waals surface area contributed by atoms with E-state index < -0.39 is 0 Å². The molecule has 2 N–H and O–H groups in total. The first-order valence-electron chi connectivity index (χ1n) is 7.32. The molecule has 0 amide bonds. The summed E-state index contributed by atoms with van der Waals surface area (Å²) >= 11 is 0. The highest BCUT2D eigenvalue weighted by Crippen LogP contribution is 2.28. The van der Waals surface area contributed by atoms with Crippen LogP contribution in [0.3, 0.4) is 0 Å². The van der Waals surface area contributed by atoms with Gasteiger partial charge in [0.25, 0.3) is 0 Å². The topological polar surface area (TPSA) is 59.3 Å². The number of piperazine rings is 1. The van der Waals surface area contributed by atoms with Gasteiger partial charge in [0, 0.05) is 32.2 Å². The molecular weight excluding hydrogens is 262 g/mol. The van der Waals surface area contributed by atoms with Crippen molar-refractivity contribution in [1.82, 2.24) is 10.2 Å². The number of aromatic hydroxyl groups is 1. The third kappa shape index (κ3) is 2.99. The van der Waals surface area contributed by atoms with Crippen LogP contribution in [0, 0.1) is 11.3 Å². The van der Waals surface area contributed by atoms with E-state index in [4.69, 9.17) is 5.26 Å². The maximum absolute atomic E-state index is 9.54. The maximum Gasteiger partial charge on any atom is 0.116 e. The van der Waals surface area contributed by atoms with Crippen molar-refractivity contribution in [3.63, 3.8) is 0 Å². The Labute approximate surface area is 124 Å². The lowest BCUT2D eigenvalue weighted by Gasteiger charge is -2.34. The van der Waals surface area contributed by atoms with Gasteiger partial charge in [-0.25, -0.2) is 0 Å². The monoisotopic (exact) mass is 281 g/mol. The average molecular weight is 281 g/mol. The Morgan fingerprint density at radius 3 is 2.62 bits per heavy atom. The minimum Gasteiger partial charge on any atom is -0.508 e. The average Bonchev–Trinajstić information content (AvgIpc) is 2.53. The smallest absolute Gasteiger partial charge is 0.116 e. The molecule has 21 heavy (non-hydrogen) atoms. The minimum absolute atomic E-state index is 0.148. The summed E-state index contributed by atoms with van der Waals surface area (Å²) in [6.45, 7) is 3.90. The van der Waals surface area contributed by atoms with E-state index in [0.717, 1.165) is 37.0 Å². The van der Waals surface area contributed by atoms with Gasteiger partial charge in [-0.05, 0) is 34.5 Å². The van der Waals surface area contributed by atoms with Crippen LogP contribution in [-0.2, 0) is 0 Å². The zero-order valence-corrected chi connectivity index (χ0v) is 11.9. The molecule has 0 radical (unpaired) electrons. The molecule has 0 spiro atoms. The van der Waals surface area contributed by atoms with Crippen LogP contribution in [0.5, 0.6) is 5.75 Å². The molecule has 2 aromatic carbocycles. The first-order chi connectivity index (χ1) is 10.3. The Hall–Kier alpha value is -2.09. The summed E-state index contributed by atoms with van der Waals surface area (Å²) in [6, 6.07) is 14.1. The second-order valence-corrected chi connectivity index (χ2v) is 5.45. The Kier molecular flexibility index (Phi) is 4.05. The van der Waals surface area contributed by atoms with E-state index in [1.165, 1.54) is 5.56 Å². The molecule has 1 saturated heterocycles. The Bertz CT molecular complexity index is 671. The molecular formula is C17H19N3O. The van der Waals surface area contributed by atoms with Crippen LogP contribution in [0.15, 0.2) is 36.4 Å². The molecule has 2 aromatic rings. The van der Waals surface area contributed by atoms with Crippen LogP contribution in [0.2, 0.25) is 0 Å². The van der Waals surface area contributed by atoms with Crippen molar-refractivity contribution in [2.45, 2.75) is 12.5 Å². The molecule has 1 aliphatic heterocycles. The van der Waals surface area contributed by atoms with Gasteiger partial charge in [0.2, 0.25) is 0 Å². The van der Waals surface area contributed by atoms with E-state index in [-0.39, 0.29) is 11.8 Å². The molecule has 0 aliphatic carbocycles. The lowest BCUT2D eigenvalue weighted by Crippen LogP contribution is -2.45. The van der Waals surface area contributed by atoms with Gasteiger partial charge < -0.3 is 10.4 Å². The van der Waals surface area contributed by atoms with Crippen LogP contribution in [-0.4, -0.2) is 36.2 Å². The predicted octanol–water partition coefficient (Wildman–Crippen LogP) is 2.41. The van der Waals surface area contributed by atoms with E-state index in [1.54, 1.807) is 12.1 Å². The minimum atomic E-state index is 0.148. The number of nitrogens with one attached hydrogen (secondary N) is 1. The van der Waals surface area contributed by atoms with Crippen molar-refractivity contribution < 1.29 is 5.11 Å². The highest BCUT2D eigenvalue weighted by atomic mass is 16.3. The van der Waals surface area contributed by atoms with Crippen molar-refractivity contribution >= 4 is 10.8 Å². The number of phenolic OH excluding ortho intramolecular Hbond substituents is 1. The molecule has 0 unspecified atom stereocenters. The van der Waals surface area contributed by atoms with Gasteiger partial charge >= 0.3 is 0 Å². The normalized spacial score (nSPS) is 17.5. The molecule has 0 bridgehead atoms. The number of hydrogen-bond donors (Lipinski definition) is 2. The zero-order valence-electron chi connectivity index (χ0n) is 11.9. The number of rotatable bonds is 3. The Morgan fingerprint density at radius 2 is 1.86 bits per heavy atom. The molecule has 4 heteroatoms. The van der Waals surface area contributed by atoms with Gasteiger partial charge in [-0.15, -0.1) is 0 Å². The fourth-order valence-electron chi connectivity index (χ4n) is 3.00. The molecule has 0 aromatic heterocycles. The summed E-state index contributed by atoms with van der Waals surface area (Å²) in [5, 5.41) is 24.2. The van der Waals surface area contributed by atoms with Crippen molar-refractivity contribution in [2.24, 2.45) is 0 Å². The van der Waals surface area contributed by atoms with E-state index in [9.17, 15) is 5.11 Å². The molecule has 4 nitrogen and oxygen atoms in total. The Morgan fingerprint density at radius 1 is 1.14 bits per heavy atom. The summed E-state index contributed by atoms with van der Waals surface area (Å²) in [6.07, 6.45) is 0.504. The lowest BCUT2D eigenvalue weighted by atomic mass is 9.98. The summed E-state index contributed by atoms with van der Waals surface area (Å²) in [5.74, 6) is 0.283. The number of benzene rings is 2. The van der Waals surface area contributed by atoms with Gasteiger partial charge in [-0.3, -0.25) is 4.90 Å². The number of hydrogen-bond acceptors (Lipinski definition) is 4. The summed E-state index contributed by atoms with van der Waals surface area (Å²) < 4.78 is 0. The Balaban J connectivity index is 1.94. The lowest BCUT2D eigenvalue weighted by molar-refractivity contribution is 0.176. The number of nitrogens with zero attached hydrogens (tertiary/aromatic N) is 2. The quantitative estimate of drug-likeness (QED) is 0.907. The van der Waals surface area contributed by atoms with Crippen LogP contribution in [0.1, 0.15) is 18.0 Å². The van der Waals surface area contributed by atoms with Crippen molar-refractivity contribution in [2.75, 3.05) is 26.2 Å². The van der Waals surface area contributed by atoms with Gasteiger partial charge in [-0.1, -0.05) is 18.2 Å². The van der Waals surface area contributed by atoms with Crippen LogP contribution in [0.4, 0.5) is 0 Å². The van der Waals surface area contributed by atoms with Crippen molar-refractivity contribution in [3.05, 3.63) is 42.0 Å². The number of nitriles is 1. The van der Waals surface area contributed by atoms with Gasteiger partial charge in [0.1, 0.15) is 5.75 Å². The third-order valence-electron chi connectivity index (χ3n) is 4.11. The van der Waals surface area contributed by atoms with Crippen LogP contribution in [0.25, 0.3) is 10.8 Å². The molecule has 1 heterocycles. The third-order valence-corrected chi connectivity index (χ3v) is 4.11. The maximum atomic E-state index is 9.54. The highest BCUT2D eigenvalue weighted by molar-refractivity contribution is 5.84. The van der Waals surface area contributed by atoms with E-state index >= 15 is 0 Å². The van der Waals surface area contributed by atoms with Crippen LogP contribution >= 0.6 is 0 Å². The summed E-state index contributed by atoms with van der Waals surface area (Å²) in [5.41, 5.74) is 1.18. The van der Waals surface area contributed by atoms with Gasteiger partial charge in [0.15, 0.2) is 0 Å². The van der Waals surface area contributed by atoms with Gasteiger partial charge in [-0.2, -0.15) is 5.26 Å². The highest BCUT2D eigenvalue weighted by Gasteiger charge is 2.22. The fraction of sp³-hybridized carbons (Fsp3) is 0.353. The SMILES string of the molecule is N#CC[C@H](c1ccc2cc(O)ccc2c1)N1CCNCC1. The molecule has 3 rings (SSSR count). The second kappa shape index (κ2) is 6.13. The summed E-state index contributed by atoms with van der Waals surface area (Å²) in [7, 11) is 0. The fourth-order valence-corrected chi connectivity index (χ4v) is 3.00. The summed E-state index contributed by atoms with van der Waals surface area (Å²) in [4.78, 5) is 2.38. The van der Waals surface area contributed by atoms with E-state index in [1.807, 2.05) is 12.1 Å². The molecule has 0 saturated carbocycles. The van der Waals surface area contributed by atoms with Crippen LogP contribution < -0.4 is 5.32 Å². The standard InChI is InChI=1S/C17H19N3O/c18-6-5-17(20-9-7-19-8-10-20)15-2-1-14-12-16(21)4-3-13(14)11-15/h1-4,11-12,17,19,21H,5,7-10H2/t17-/m1/s1. The molecule has 1 fully saturated rings. The van der Waals surface area contributed by atoms with E-state index in [2.05, 4.69) is 28.4 Å². The van der Waals surface area contributed by atoms with Gasteiger partial charge in [0.05, 0.1) is 12.5 Å². The van der Waals surface area contributed by atoms with Crippen molar-refractivity contribution in [3.8, 4) is 11.8 Å². The second-order valence-electron chi connectivity index (χ2n) is 5.45. The van der Waals surface area contributed by atoms with E-state index in [0.29, 0.717) is 6.42 Å². The molecule has 108 valence electrons.